The van der Waals surface area contributed by atoms with Gasteiger partial charge in [0.25, 0.3) is 0 Å². The highest BCUT2D eigenvalue weighted by Gasteiger charge is 2.31. The molecule has 1 atom stereocenters. The summed E-state index contributed by atoms with van der Waals surface area (Å²) in [6, 6.07) is 0. The number of rotatable bonds is 0. The molecule has 0 aliphatic carbocycles. The molecule has 3 aliphatic heterocycles. The largest absolute Gasteiger partial charge is 0.378 e. The van der Waals surface area contributed by atoms with Crippen LogP contribution < -0.4 is 0 Å². The fraction of sp³-hybridized carbons (Fsp3) is 1.00. The predicted molar refractivity (Wildman–Crippen MR) is 34.9 cm³/mol. The number of piperidine rings is 3. The predicted octanol–water partition coefficient (Wildman–Crippen LogP) is 0.421. The topological polar surface area (TPSA) is 23.5 Å². The molecule has 0 spiro atoms. The van der Waals surface area contributed by atoms with Gasteiger partial charge in [-0.2, -0.15) is 0 Å². The second-order valence-electron chi connectivity index (χ2n) is 3.20. The maximum absolute atomic E-state index is 9.33. The van der Waals surface area contributed by atoms with Crippen molar-refractivity contribution in [3.8, 4) is 0 Å². The fourth-order valence-corrected chi connectivity index (χ4v) is 1.93. The molecule has 0 amide bonds. The summed E-state index contributed by atoms with van der Waals surface area (Å²) in [6.07, 6.45) is 3.56. The molecule has 3 saturated heterocycles. The summed E-state index contributed by atoms with van der Waals surface area (Å²) in [5, 5.41) is 9.33. The van der Waals surface area contributed by atoms with Crippen LogP contribution in [-0.4, -0.2) is 29.3 Å². The molecule has 0 saturated carbocycles. The molecule has 9 heavy (non-hydrogen) atoms. The Morgan fingerprint density at radius 2 is 1.89 bits per heavy atom. The van der Waals surface area contributed by atoms with E-state index in [1.54, 1.807) is 0 Å². The standard InChI is InChI=1S/C7H13NO/c9-7-5-6-1-3-8(7)4-2-6/h6-7,9H,1-5H2/t7-/m0/s1. The molecular formula is C7H13NO. The average Bonchev–Trinajstić information content (AvgIpc) is 1.90. The van der Waals surface area contributed by atoms with Gasteiger partial charge in [-0.25, -0.2) is 0 Å². The fourth-order valence-electron chi connectivity index (χ4n) is 1.93. The lowest BCUT2D eigenvalue weighted by Crippen LogP contribution is -2.48. The molecule has 0 aromatic heterocycles. The van der Waals surface area contributed by atoms with Crippen molar-refractivity contribution in [2.45, 2.75) is 25.5 Å². The van der Waals surface area contributed by atoms with E-state index >= 15 is 0 Å². The van der Waals surface area contributed by atoms with Crippen molar-refractivity contribution in [1.82, 2.24) is 4.90 Å². The third-order valence-corrected chi connectivity index (χ3v) is 2.61. The van der Waals surface area contributed by atoms with E-state index in [1.807, 2.05) is 0 Å². The summed E-state index contributed by atoms with van der Waals surface area (Å²) in [7, 11) is 0. The van der Waals surface area contributed by atoms with Crippen LogP contribution in [0.4, 0.5) is 0 Å². The first-order chi connectivity index (χ1) is 4.36. The van der Waals surface area contributed by atoms with Crippen molar-refractivity contribution in [3.63, 3.8) is 0 Å². The zero-order valence-electron chi connectivity index (χ0n) is 5.58. The Bertz CT molecular complexity index is 107. The molecule has 52 valence electrons. The molecule has 0 aromatic carbocycles. The van der Waals surface area contributed by atoms with Crippen LogP contribution in [0.5, 0.6) is 0 Å². The van der Waals surface area contributed by atoms with E-state index in [-0.39, 0.29) is 6.23 Å². The molecule has 0 aromatic rings. The normalized spacial score (nSPS) is 49.7. The van der Waals surface area contributed by atoms with Gasteiger partial charge in [-0.3, -0.25) is 4.90 Å². The van der Waals surface area contributed by atoms with Gasteiger partial charge in [-0.15, -0.1) is 0 Å². The van der Waals surface area contributed by atoms with E-state index < -0.39 is 0 Å². The van der Waals surface area contributed by atoms with Gasteiger partial charge in [-0.05, 0) is 25.2 Å². The maximum atomic E-state index is 9.33. The minimum absolute atomic E-state index is 0.0995. The van der Waals surface area contributed by atoms with Crippen LogP contribution in [0.3, 0.4) is 0 Å². The lowest BCUT2D eigenvalue weighted by atomic mass is 9.87. The summed E-state index contributed by atoms with van der Waals surface area (Å²) >= 11 is 0. The molecule has 0 unspecified atom stereocenters. The van der Waals surface area contributed by atoms with Crippen molar-refractivity contribution < 1.29 is 5.11 Å². The summed E-state index contributed by atoms with van der Waals surface area (Å²) in [4.78, 5) is 2.18. The van der Waals surface area contributed by atoms with Crippen LogP contribution in [0.2, 0.25) is 0 Å². The van der Waals surface area contributed by atoms with Gasteiger partial charge in [0.2, 0.25) is 0 Å². The summed E-state index contributed by atoms with van der Waals surface area (Å²) in [5.74, 6) is 0.838. The second-order valence-corrected chi connectivity index (χ2v) is 3.20. The number of fused-ring (bicyclic) bond motifs is 3. The minimum Gasteiger partial charge on any atom is -0.378 e. The van der Waals surface area contributed by atoms with Gasteiger partial charge in [0.05, 0.1) is 0 Å². The first kappa shape index (κ1) is 5.69. The minimum atomic E-state index is -0.0995. The van der Waals surface area contributed by atoms with E-state index in [0.717, 1.165) is 25.4 Å². The monoisotopic (exact) mass is 127 g/mol. The Kier molecular flexibility index (Phi) is 1.24. The number of hydrogen-bond acceptors (Lipinski definition) is 2. The Balaban J connectivity index is 2.06. The smallest absolute Gasteiger partial charge is 0.107 e. The molecule has 0 radical (unpaired) electrons. The highest BCUT2D eigenvalue weighted by molar-refractivity contribution is 4.81. The Morgan fingerprint density at radius 3 is 2.11 bits per heavy atom. The van der Waals surface area contributed by atoms with Crippen LogP contribution in [0.15, 0.2) is 0 Å². The Labute approximate surface area is 55.5 Å². The molecule has 3 rings (SSSR count). The summed E-state index contributed by atoms with van der Waals surface area (Å²) < 4.78 is 0. The molecule has 3 aliphatic rings. The average molecular weight is 127 g/mol. The number of aliphatic hydroxyl groups excluding tert-OH is 1. The molecular weight excluding hydrogens is 114 g/mol. The van der Waals surface area contributed by atoms with Gasteiger partial charge in [0, 0.05) is 13.1 Å². The van der Waals surface area contributed by atoms with Crippen LogP contribution in [0.25, 0.3) is 0 Å². The molecule has 3 heterocycles. The van der Waals surface area contributed by atoms with Crippen LogP contribution in [0.1, 0.15) is 19.3 Å². The molecule has 2 bridgehead atoms. The first-order valence-electron chi connectivity index (χ1n) is 3.78. The van der Waals surface area contributed by atoms with Crippen molar-refractivity contribution in [2.24, 2.45) is 5.92 Å². The van der Waals surface area contributed by atoms with Gasteiger partial charge in [-0.1, -0.05) is 0 Å². The lowest BCUT2D eigenvalue weighted by molar-refractivity contribution is -0.0768. The van der Waals surface area contributed by atoms with E-state index in [0.29, 0.717) is 0 Å². The Hall–Kier alpha value is -0.0800. The summed E-state index contributed by atoms with van der Waals surface area (Å²) in [6.45, 7) is 2.26. The first-order valence-corrected chi connectivity index (χ1v) is 3.78. The van der Waals surface area contributed by atoms with Crippen molar-refractivity contribution in [2.75, 3.05) is 13.1 Å². The van der Waals surface area contributed by atoms with Crippen molar-refractivity contribution >= 4 is 0 Å². The van der Waals surface area contributed by atoms with E-state index in [2.05, 4.69) is 4.90 Å². The third-order valence-electron chi connectivity index (χ3n) is 2.61. The van der Waals surface area contributed by atoms with Crippen LogP contribution in [-0.2, 0) is 0 Å². The van der Waals surface area contributed by atoms with Crippen LogP contribution in [0, 0.1) is 5.92 Å². The highest BCUT2D eigenvalue weighted by atomic mass is 16.3. The van der Waals surface area contributed by atoms with Gasteiger partial charge in [0.1, 0.15) is 6.23 Å². The quantitative estimate of drug-likeness (QED) is 0.510. The van der Waals surface area contributed by atoms with Gasteiger partial charge >= 0.3 is 0 Å². The van der Waals surface area contributed by atoms with E-state index in [9.17, 15) is 5.11 Å². The number of aliphatic hydroxyl groups is 1. The second kappa shape index (κ2) is 1.96. The molecule has 2 heteroatoms. The lowest BCUT2D eigenvalue weighted by Gasteiger charge is -2.42. The zero-order valence-corrected chi connectivity index (χ0v) is 5.58. The Morgan fingerprint density at radius 1 is 1.22 bits per heavy atom. The van der Waals surface area contributed by atoms with Gasteiger partial charge < -0.3 is 5.11 Å². The SMILES string of the molecule is O[C@H]1CC2CCN1CC2. The number of hydrogen-bond donors (Lipinski definition) is 1. The van der Waals surface area contributed by atoms with E-state index in [4.69, 9.17) is 0 Å². The molecule has 1 N–H and O–H groups in total. The van der Waals surface area contributed by atoms with Gasteiger partial charge in [0.15, 0.2) is 0 Å². The van der Waals surface area contributed by atoms with Crippen molar-refractivity contribution in [1.29, 1.82) is 0 Å². The van der Waals surface area contributed by atoms with Crippen molar-refractivity contribution in [3.05, 3.63) is 0 Å². The third kappa shape index (κ3) is 0.864. The molecule has 3 fully saturated rings. The maximum Gasteiger partial charge on any atom is 0.107 e. The van der Waals surface area contributed by atoms with Crippen LogP contribution >= 0.6 is 0 Å². The molecule has 2 nitrogen and oxygen atoms in total. The summed E-state index contributed by atoms with van der Waals surface area (Å²) in [5.41, 5.74) is 0. The zero-order chi connectivity index (χ0) is 6.27. The number of nitrogens with zero attached hydrogens (tertiary/aromatic N) is 1. The highest BCUT2D eigenvalue weighted by Crippen LogP contribution is 2.30. The van der Waals surface area contributed by atoms with E-state index in [1.165, 1.54) is 12.8 Å².